The molecule has 0 spiro atoms. The van der Waals surface area contributed by atoms with Gasteiger partial charge < -0.3 is 14.7 Å². The molecular formula is C13H18N2O3. The second-order valence-corrected chi connectivity index (χ2v) is 4.60. The Morgan fingerprint density at radius 1 is 1.67 bits per heavy atom. The predicted octanol–water partition coefficient (Wildman–Crippen LogP) is 0.870. The molecule has 18 heavy (non-hydrogen) atoms. The Hall–Kier alpha value is -1.46. The predicted molar refractivity (Wildman–Crippen MR) is 67.9 cm³/mol. The molecular weight excluding hydrogens is 232 g/mol. The van der Waals surface area contributed by atoms with E-state index in [2.05, 4.69) is 9.88 Å². The number of rotatable bonds is 3. The number of Topliss-reactive ketones (excluding diaryl/α,β-unsaturated/α-hetero) is 1. The zero-order chi connectivity index (χ0) is 13.1. The molecule has 1 saturated heterocycles. The summed E-state index contributed by atoms with van der Waals surface area (Å²) in [6, 6.07) is 3.68. The van der Waals surface area contributed by atoms with E-state index >= 15 is 0 Å². The molecule has 5 heteroatoms. The summed E-state index contributed by atoms with van der Waals surface area (Å²) in [5, 5.41) is 9.16. The molecule has 1 aromatic rings. The zero-order valence-electron chi connectivity index (χ0n) is 10.7. The van der Waals surface area contributed by atoms with Crippen LogP contribution in [0.3, 0.4) is 0 Å². The van der Waals surface area contributed by atoms with Crippen LogP contribution < -0.4 is 4.90 Å². The number of carbonyl (C=O) groups excluding carboxylic acids is 1. The lowest BCUT2D eigenvalue weighted by molar-refractivity contribution is -0.0105. The Morgan fingerprint density at radius 3 is 3.11 bits per heavy atom. The van der Waals surface area contributed by atoms with Crippen LogP contribution in [-0.4, -0.2) is 47.8 Å². The van der Waals surface area contributed by atoms with E-state index in [9.17, 15) is 4.79 Å². The lowest BCUT2D eigenvalue weighted by atomic mass is 10.1. The van der Waals surface area contributed by atoms with Gasteiger partial charge in [-0.2, -0.15) is 0 Å². The maximum Gasteiger partial charge on any atom is 0.159 e. The third kappa shape index (κ3) is 2.68. The van der Waals surface area contributed by atoms with Crippen molar-refractivity contribution in [1.29, 1.82) is 0 Å². The van der Waals surface area contributed by atoms with E-state index in [1.54, 1.807) is 25.3 Å². The molecule has 1 aromatic heterocycles. The molecule has 2 atom stereocenters. The number of aliphatic hydroxyl groups excluding tert-OH is 1. The molecule has 0 amide bonds. The van der Waals surface area contributed by atoms with Gasteiger partial charge in [0.25, 0.3) is 0 Å². The summed E-state index contributed by atoms with van der Waals surface area (Å²) in [6.07, 6.45) is 1.45. The van der Waals surface area contributed by atoms with Crippen molar-refractivity contribution in [2.45, 2.75) is 26.0 Å². The Bertz CT molecular complexity index is 436. The molecule has 0 bridgehead atoms. The van der Waals surface area contributed by atoms with Crippen molar-refractivity contribution in [3.05, 3.63) is 23.9 Å². The largest absolute Gasteiger partial charge is 0.394 e. The molecule has 0 saturated carbocycles. The Balaban J connectivity index is 2.23. The van der Waals surface area contributed by atoms with E-state index in [0.29, 0.717) is 18.7 Å². The van der Waals surface area contributed by atoms with Gasteiger partial charge in [-0.15, -0.1) is 0 Å². The number of carbonyl (C=O) groups is 1. The molecule has 0 aliphatic carbocycles. The summed E-state index contributed by atoms with van der Waals surface area (Å²) in [6.45, 7) is 4.72. The first kappa shape index (κ1) is 13.0. The SMILES string of the molecule is CC(=O)c1ccnc(N2CC(CO)OCC2C)c1. The molecule has 1 N–H and O–H groups in total. The van der Waals surface area contributed by atoms with E-state index < -0.39 is 0 Å². The molecule has 0 aromatic carbocycles. The molecule has 98 valence electrons. The highest BCUT2D eigenvalue weighted by Crippen LogP contribution is 2.20. The summed E-state index contributed by atoms with van der Waals surface area (Å²) < 4.78 is 5.48. The fraction of sp³-hybridized carbons (Fsp3) is 0.538. The third-order valence-electron chi connectivity index (χ3n) is 3.16. The van der Waals surface area contributed by atoms with E-state index in [0.717, 1.165) is 5.82 Å². The number of anilines is 1. The average Bonchev–Trinajstić information content (AvgIpc) is 2.39. The zero-order valence-corrected chi connectivity index (χ0v) is 10.7. The molecule has 1 aliphatic rings. The number of morpholine rings is 1. The van der Waals surface area contributed by atoms with Crippen molar-refractivity contribution in [2.75, 3.05) is 24.7 Å². The van der Waals surface area contributed by atoms with Crippen molar-refractivity contribution >= 4 is 11.6 Å². The van der Waals surface area contributed by atoms with Gasteiger partial charge in [0.2, 0.25) is 0 Å². The van der Waals surface area contributed by atoms with Crippen LogP contribution in [-0.2, 0) is 4.74 Å². The van der Waals surface area contributed by atoms with Gasteiger partial charge in [-0.1, -0.05) is 0 Å². The number of hydrogen-bond donors (Lipinski definition) is 1. The maximum absolute atomic E-state index is 11.4. The van der Waals surface area contributed by atoms with Crippen LogP contribution in [0.4, 0.5) is 5.82 Å². The van der Waals surface area contributed by atoms with Crippen LogP contribution in [0.5, 0.6) is 0 Å². The first-order valence-electron chi connectivity index (χ1n) is 6.08. The molecule has 1 aliphatic heterocycles. The fourth-order valence-electron chi connectivity index (χ4n) is 2.04. The molecule has 2 heterocycles. The molecule has 1 fully saturated rings. The molecule has 5 nitrogen and oxygen atoms in total. The van der Waals surface area contributed by atoms with Gasteiger partial charge in [0.15, 0.2) is 5.78 Å². The van der Waals surface area contributed by atoms with Gasteiger partial charge in [-0.05, 0) is 26.0 Å². The number of aromatic nitrogens is 1. The number of ether oxygens (including phenoxy) is 1. The topological polar surface area (TPSA) is 62.7 Å². The third-order valence-corrected chi connectivity index (χ3v) is 3.16. The number of ketones is 1. The number of hydrogen-bond acceptors (Lipinski definition) is 5. The summed E-state index contributed by atoms with van der Waals surface area (Å²) >= 11 is 0. The smallest absolute Gasteiger partial charge is 0.159 e. The Labute approximate surface area is 106 Å². The van der Waals surface area contributed by atoms with Gasteiger partial charge >= 0.3 is 0 Å². The molecule has 0 radical (unpaired) electrons. The highest BCUT2D eigenvalue weighted by molar-refractivity contribution is 5.94. The monoisotopic (exact) mass is 250 g/mol. The summed E-state index contributed by atoms with van der Waals surface area (Å²) in [5.41, 5.74) is 0.652. The van der Waals surface area contributed by atoms with Crippen molar-refractivity contribution in [2.24, 2.45) is 0 Å². The minimum Gasteiger partial charge on any atom is -0.394 e. The molecule has 2 rings (SSSR count). The van der Waals surface area contributed by atoms with Crippen LogP contribution >= 0.6 is 0 Å². The number of pyridine rings is 1. The molecule has 2 unspecified atom stereocenters. The first-order chi connectivity index (χ1) is 8.61. The number of aliphatic hydroxyl groups is 1. The number of nitrogens with zero attached hydrogens (tertiary/aromatic N) is 2. The Kier molecular flexibility index (Phi) is 3.93. The first-order valence-corrected chi connectivity index (χ1v) is 6.08. The van der Waals surface area contributed by atoms with Crippen molar-refractivity contribution in [3.63, 3.8) is 0 Å². The maximum atomic E-state index is 11.4. The minimum atomic E-state index is -0.191. The standard InChI is InChI=1S/C13H18N2O3/c1-9-8-18-12(7-16)6-15(9)13-5-11(10(2)17)3-4-14-13/h3-5,9,12,16H,6-8H2,1-2H3. The van der Waals surface area contributed by atoms with Crippen molar-refractivity contribution in [3.8, 4) is 0 Å². The van der Waals surface area contributed by atoms with Gasteiger partial charge in [0.1, 0.15) is 5.82 Å². The van der Waals surface area contributed by atoms with E-state index in [-0.39, 0.29) is 24.5 Å². The summed E-state index contributed by atoms with van der Waals surface area (Å²) in [5.74, 6) is 0.787. The highest BCUT2D eigenvalue weighted by Gasteiger charge is 2.26. The van der Waals surface area contributed by atoms with Gasteiger partial charge in [-0.25, -0.2) is 4.98 Å². The average molecular weight is 250 g/mol. The van der Waals surface area contributed by atoms with Crippen LogP contribution in [0.25, 0.3) is 0 Å². The summed E-state index contributed by atoms with van der Waals surface area (Å²) in [7, 11) is 0. The van der Waals surface area contributed by atoms with Crippen LogP contribution in [0.2, 0.25) is 0 Å². The van der Waals surface area contributed by atoms with Crippen LogP contribution in [0.1, 0.15) is 24.2 Å². The highest BCUT2D eigenvalue weighted by atomic mass is 16.5. The van der Waals surface area contributed by atoms with E-state index in [1.807, 2.05) is 6.92 Å². The van der Waals surface area contributed by atoms with Crippen molar-refractivity contribution < 1.29 is 14.6 Å². The van der Waals surface area contributed by atoms with Gasteiger partial charge in [-0.3, -0.25) is 4.79 Å². The van der Waals surface area contributed by atoms with E-state index in [1.165, 1.54) is 0 Å². The van der Waals surface area contributed by atoms with Crippen LogP contribution in [0, 0.1) is 0 Å². The van der Waals surface area contributed by atoms with E-state index in [4.69, 9.17) is 9.84 Å². The van der Waals surface area contributed by atoms with Crippen LogP contribution in [0.15, 0.2) is 18.3 Å². The van der Waals surface area contributed by atoms with Crippen molar-refractivity contribution in [1.82, 2.24) is 4.98 Å². The second-order valence-electron chi connectivity index (χ2n) is 4.60. The lowest BCUT2D eigenvalue weighted by Crippen LogP contribution is -2.50. The lowest BCUT2D eigenvalue weighted by Gasteiger charge is -2.38. The second kappa shape index (κ2) is 5.46. The summed E-state index contributed by atoms with van der Waals surface area (Å²) in [4.78, 5) is 17.7. The Morgan fingerprint density at radius 2 is 2.44 bits per heavy atom. The van der Waals surface area contributed by atoms with Gasteiger partial charge in [0, 0.05) is 18.3 Å². The minimum absolute atomic E-state index is 0.00435. The quantitative estimate of drug-likeness (QED) is 0.806. The fourth-order valence-corrected chi connectivity index (χ4v) is 2.04. The van der Waals surface area contributed by atoms with Gasteiger partial charge in [0.05, 0.1) is 25.4 Å². The normalized spacial score (nSPS) is 24.1.